The fourth-order valence-electron chi connectivity index (χ4n) is 2.12. The smallest absolute Gasteiger partial charge is 0.337 e. The van der Waals surface area contributed by atoms with Crippen LogP contribution in [0, 0.1) is 0 Å². The van der Waals surface area contributed by atoms with Crippen LogP contribution in [0.2, 0.25) is 0 Å². The van der Waals surface area contributed by atoms with Gasteiger partial charge in [0.15, 0.2) is 0 Å². The summed E-state index contributed by atoms with van der Waals surface area (Å²) in [7, 11) is 5.17. The monoisotopic (exact) mass is 346 g/mol. The van der Waals surface area contributed by atoms with Crippen LogP contribution >= 0.6 is 0 Å². The maximum absolute atomic E-state index is 11.9. The van der Waals surface area contributed by atoms with Crippen molar-refractivity contribution in [2.45, 2.75) is 19.6 Å². The zero-order valence-electron chi connectivity index (χ0n) is 14.5. The molecule has 0 saturated heterocycles. The molecule has 0 aliphatic carbocycles. The number of benzene rings is 1. The van der Waals surface area contributed by atoms with Crippen molar-refractivity contribution in [3.8, 4) is 0 Å². The predicted octanol–water partition coefficient (Wildman–Crippen LogP) is 1.52. The number of nitrogens with one attached hydrogen (secondary N) is 2. The Hall–Kier alpha value is -2.87. The Bertz CT molecular complexity index is 727. The van der Waals surface area contributed by atoms with Gasteiger partial charge in [0.1, 0.15) is 6.26 Å². The molecule has 0 bridgehead atoms. The minimum atomic E-state index is -0.411. The molecule has 1 aromatic carbocycles. The number of ether oxygens (including phenoxy) is 1. The Labute approximate surface area is 146 Å². The molecule has 0 spiro atoms. The van der Waals surface area contributed by atoms with Crippen LogP contribution in [0.5, 0.6) is 0 Å². The van der Waals surface area contributed by atoms with Crippen LogP contribution in [0.3, 0.4) is 0 Å². The number of esters is 1. The van der Waals surface area contributed by atoms with E-state index in [4.69, 9.17) is 4.42 Å². The molecule has 1 heterocycles. The molecule has 134 valence electrons. The summed E-state index contributed by atoms with van der Waals surface area (Å²) in [5.41, 5.74) is 1.89. The van der Waals surface area contributed by atoms with Crippen LogP contribution in [0.1, 0.15) is 27.5 Å². The van der Waals surface area contributed by atoms with Crippen molar-refractivity contribution in [3.05, 3.63) is 53.2 Å². The first-order chi connectivity index (χ1) is 12.0. The van der Waals surface area contributed by atoms with E-state index in [1.807, 2.05) is 25.1 Å². The summed E-state index contributed by atoms with van der Waals surface area (Å²) in [5.74, 6) is 0.188. The van der Waals surface area contributed by atoms with E-state index in [9.17, 15) is 9.59 Å². The second-order valence-corrected chi connectivity index (χ2v) is 5.70. The Morgan fingerprint density at radius 3 is 2.72 bits per heavy atom. The molecule has 1 aromatic heterocycles. The molecule has 0 radical (unpaired) electrons. The number of nitrogens with zero attached hydrogens (tertiary/aromatic N) is 2. The number of hydrogen-bond donors (Lipinski definition) is 2. The number of carbonyl (C=O) groups is 2. The maximum atomic E-state index is 11.9. The number of oxazole rings is 1. The van der Waals surface area contributed by atoms with Crippen LogP contribution in [-0.2, 0) is 24.4 Å². The number of urea groups is 1. The number of hydrogen-bond acceptors (Lipinski definition) is 6. The zero-order chi connectivity index (χ0) is 18.2. The van der Waals surface area contributed by atoms with Crippen molar-refractivity contribution in [3.63, 3.8) is 0 Å². The summed E-state index contributed by atoms with van der Waals surface area (Å²) in [5, 5.41) is 5.43. The molecule has 2 rings (SSSR count). The second-order valence-electron chi connectivity index (χ2n) is 5.70. The van der Waals surface area contributed by atoms with E-state index in [2.05, 4.69) is 20.4 Å². The third-order valence-electron chi connectivity index (χ3n) is 3.28. The summed E-state index contributed by atoms with van der Waals surface area (Å²) in [6.07, 6.45) is 1.53. The van der Waals surface area contributed by atoms with E-state index < -0.39 is 5.97 Å². The van der Waals surface area contributed by atoms with Crippen molar-refractivity contribution >= 4 is 12.0 Å². The van der Waals surface area contributed by atoms with Crippen molar-refractivity contribution in [2.75, 3.05) is 21.2 Å². The van der Waals surface area contributed by atoms with Gasteiger partial charge in [0.25, 0.3) is 0 Å². The van der Waals surface area contributed by atoms with E-state index in [0.29, 0.717) is 30.2 Å². The van der Waals surface area contributed by atoms with E-state index in [-0.39, 0.29) is 12.6 Å². The normalized spacial score (nSPS) is 10.6. The molecular weight excluding hydrogens is 324 g/mol. The lowest BCUT2D eigenvalue weighted by atomic mass is 10.1. The van der Waals surface area contributed by atoms with Gasteiger partial charge < -0.3 is 24.7 Å². The van der Waals surface area contributed by atoms with Crippen LogP contribution in [0.4, 0.5) is 4.79 Å². The molecular formula is C17H22N4O4. The lowest BCUT2D eigenvalue weighted by molar-refractivity contribution is 0.0600. The van der Waals surface area contributed by atoms with Gasteiger partial charge in [0.05, 0.1) is 31.5 Å². The molecule has 0 aliphatic heterocycles. The Morgan fingerprint density at radius 2 is 2.00 bits per heavy atom. The summed E-state index contributed by atoms with van der Waals surface area (Å²) >= 11 is 0. The Kier molecular flexibility index (Phi) is 6.53. The van der Waals surface area contributed by atoms with Gasteiger partial charge in [-0.2, -0.15) is 0 Å². The molecule has 8 nitrogen and oxygen atoms in total. The van der Waals surface area contributed by atoms with Crippen molar-refractivity contribution in [1.82, 2.24) is 20.5 Å². The zero-order valence-corrected chi connectivity index (χ0v) is 14.5. The quantitative estimate of drug-likeness (QED) is 0.738. The molecule has 0 atom stereocenters. The second kappa shape index (κ2) is 8.84. The molecule has 2 amide bonds. The van der Waals surface area contributed by atoms with E-state index in [1.54, 1.807) is 18.2 Å². The highest BCUT2D eigenvalue weighted by atomic mass is 16.5. The maximum Gasteiger partial charge on any atom is 0.337 e. The Balaban J connectivity index is 1.79. The van der Waals surface area contributed by atoms with Gasteiger partial charge >= 0.3 is 12.0 Å². The third-order valence-corrected chi connectivity index (χ3v) is 3.28. The molecule has 2 N–H and O–H groups in total. The lowest BCUT2D eigenvalue weighted by Gasteiger charge is -2.07. The van der Waals surface area contributed by atoms with Crippen molar-refractivity contribution in [2.24, 2.45) is 0 Å². The van der Waals surface area contributed by atoms with Gasteiger partial charge in [-0.25, -0.2) is 14.6 Å². The highest BCUT2D eigenvalue weighted by Gasteiger charge is 2.08. The van der Waals surface area contributed by atoms with E-state index in [1.165, 1.54) is 13.4 Å². The first-order valence-electron chi connectivity index (χ1n) is 7.75. The van der Waals surface area contributed by atoms with Crippen molar-refractivity contribution < 1.29 is 18.7 Å². The van der Waals surface area contributed by atoms with Gasteiger partial charge in [-0.3, -0.25) is 0 Å². The fraction of sp³-hybridized carbons (Fsp3) is 0.353. The van der Waals surface area contributed by atoms with Crippen LogP contribution in [0.25, 0.3) is 0 Å². The average molecular weight is 346 g/mol. The Morgan fingerprint density at radius 1 is 1.24 bits per heavy atom. The molecule has 0 aliphatic rings. The van der Waals surface area contributed by atoms with E-state index >= 15 is 0 Å². The summed E-state index contributed by atoms with van der Waals surface area (Å²) in [6.45, 7) is 1.16. The number of carbonyl (C=O) groups excluding carboxylic acids is 2. The topological polar surface area (TPSA) is 96.7 Å². The number of aromatic nitrogens is 1. The summed E-state index contributed by atoms with van der Waals surface area (Å²) in [6, 6.07) is 6.56. The molecule has 25 heavy (non-hydrogen) atoms. The largest absolute Gasteiger partial charge is 0.465 e. The predicted molar refractivity (Wildman–Crippen MR) is 90.8 cm³/mol. The molecule has 0 saturated carbocycles. The van der Waals surface area contributed by atoms with Crippen LogP contribution in [0.15, 0.2) is 34.9 Å². The number of amides is 2. The first-order valence-corrected chi connectivity index (χ1v) is 7.75. The van der Waals surface area contributed by atoms with Gasteiger partial charge in [-0.05, 0) is 31.8 Å². The highest BCUT2D eigenvalue weighted by Crippen LogP contribution is 2.07. The molecule has 8 heteroatoms. The van der Waals surface area contributed by atoms with Crippen LogP contribution in [-0.4, -0.2) is 43.1 Å². The fourth-order valence-corrected chi connectivity index (χ4v) is 2.12. The van der Waals surface area contributed by atoms with Gasteiger partial charge in [-0.1, -0.05) is 12.1 Å². The first kappa shape index (κ1) is 18.5. The minimum absolute atomic E-state index is 0.269. The average Bonchev–Trinajstić information content (AvgIpc) is 3.04. The molecule has 0 fully saturated rings. The van der Waals surface area contributed by atoms with Gasteiger partial charge in [0.2, 0.25) is 5.89 Å². The van der Waals surface area contributed by atoms with Crippen molar-refractivity contribution in [1.29, 1.82) is 0 Å². The van der Waals surface area contributed by atoms with Gasteiger partial charge in [-0.15, -0.1) is 0 Å². The minimum Gasteiger partial charge on any atom is -0.465 e. The SMILES string of the molecule is COC(=O)c1cccc(CNC(=O)NCc2coc(CN(C)C)n2)c1. The van der Waals surface area contributed by atoms with E-state index in [0.717, 1.165) is 5.56 Å². The summed E-state index contributed by atoms with van der Waals surface area (Å²) in [4.78, 5) is 29.6. The summed E-state index contributed by atoms with van der Waals surface area (Å²) < 4.78 is 9.99. The molecule has 2 aromatic rings. The highest BCUT2D eigenvalue weighted by molar-refractivity contribution is 5.89. The standard InChI is InChI=1S/C17H22N4O4/c1-21(2)10-15-20-14(11-25-15)9-19-17(23)18-8-12-5-4-6-13(7-12)16(22)24-3/h4-7,11H,8-10H2,1-3H3,(H2,18,19,23). The third kappa shape index (κ3) is 5.92. The lowest BCUT2D eigenvalue weighted by Crippen LogP contribution is -2.34. The van der Waals surface area contributed by atoms with Gasteiger partial charge in [0, 0.05) is 6.54 Å². The number of methoxy groups -OCH3 is 1. The molecule has 0 unspecified atom stereocenters. The van der Waals surface area contributed by atoms with Crippen LogP contribution < -0.4 is 10.6 Å². The number of rotatable bonds is 7.